The van der Waals surface area contributed by atoms with Gasteiger partial charge in [0.25, 0.3) is 0 Å². The van der Waals surface area contributed by atoms with Crippen molar-refractivity contribution in [3.05, 3.63) is 59.2 Å². The van der Waals surface area contributed by atoms with Gasteiger partial charge in [-0.2, -0.15) is 0 Å². The molecule has 0 fully saturated rings. The van der Waals surface area contributed by atoms with Crippen molar-refractivity contribution in [2.45, 2.75) is 30.7 Å². The molecule has 0 unspecified atom stereocenters. The zero-order valence-electron chi connectivity index (χ0n) is 14.6. The van der Waals surface area contributed by atoms with Crippen LogP contribution < -0.4 is 9.88 Å². The molecule has 3 rings (SSSR count). The van der Waals surface area contributed by atoms with E-state index in [0.717, 1.165) is 22.4 Å². The number of nitrogens with zero attached hydrogens (tertiary/aromatic N) is 1. The highest BCUT2D eigenvalue weighted by atomic mass is 32.2. The number of sulfonamides is 1. The Labute approximate surface area is 153 Å². The second kappa shape index (κ2) is 7.47. The van der Waals surface area contributed by atoms with Gasteiger partial charge in [-0.1, -0.05) is 18.2 Å². The monoisotopic (exact) mass is 374 g/mol. The van der Waals surface area contributed by atoms with Gasteiger partial charge in [-0.25, -0.2) is 13.6 Å². The minimum atomic E-state index is -3.74. The summed E-state index contributed by atoms with van der Waals surface area (Å²) in [6.45, 7) is 1.06. The van der Waals surface area contributed by atoms with E-state index >= 15 is 0 Å². The minimum Gasteiger partial charge on any atom is -0.497 e. The molecule has 0 atom stereocenters. The van der Waals surface area contributed by atoms with Crippen LogP contribution in [0.4, 0.5) is 0 Å². The number of hydrogen-bond donors (Lipinski definition) is 1. The lowest BCUT2D eigenvalue weighted by molar-refractivity contribution is -0.132. The Morgan fingerprint density at radius 2 is 1.88 bits per heavy atom. The first-order valence-corrected chi connectivity index (χ1v) is 9.97. The Kier molecular flexibility index (Phi) is 5.29. The van der Waals surface area contributed by atoms with Crippen molar-refractivity contribution in [1.29, 1.82) is 0 Å². The Morgan fingerprint density at radius 3 is 2.54 bits per heavy atom. The van der Waals surface area contributed by atoms with Crippen molar-refractivity contribution >= 4 is 15.9 Å². The maximum Gasteiger partial charge on any atom is 0.238 e. The third-order valence-electron chi connectivity index (χ3n) is 4.66. The molecule has 7 heteroatoms. The number of fused-ring (bicyclic) bond motifs is 1. The number of ether oxygens (including phenoxy) is 1. The van der Waals surface area contributed by atoms with E-state index in [9.17, 15) is 13.2 Å². The molecule has 0 saturated heterocycles. The highest BCUT2D eigenvalue weighted by Gasteiger charge is 2.22. The van der Waals surface area contributed by atoms with Gasteiger partial charge in [-0.15, -0.1) is 0 Å². The number of primary sulfonamides is 1. The van der Waals surface area contributed by atoms with Crippen LogP contribution in [0.1, 0.15) is 23.1 Å². The fraction of sp³-hybridized carbons (Fsp3) is 0.316. The van der Waals surface area contributed by atoms with E-state index in [2.05, 4.69) is 0 Å². The van der Waals surface area contributed by atoms with Crippen molar-refractivity contribution in [2.75, 3.05) is 13.7 Å². The maximum absolute atomic E-state index is 12.5. The van der Waals surface area contributed by atoms with Gasteiger partial charge in [0.05, 0.1) is 12.0 Å². The lowest BCUT2D eigenvalue weighted by Gasteiger charge is -2.29. The summed E-state index contributed by atoms with van der Waals surface area (Å²) in [6, 6.07) is 12.6. The molecule has 26 heavy (non-hydrogen) atoms. The van der Waals surface area contributed by atoms with Crippen LogP contribution in [-0.2, 0) is 34.2 Å². The normalized spacial score (nSPS) is 14.0. The third-order valence-corrected chi connectivity index (χ3v) is 5.57. The van der Waals surface area contributed by atoms with Crippen molar-refractivity contribution in [3.8, 4) is 5.75 Å². The highest BCUT2D eigenvalue weighted by Crippen LogP contribution is 2.23. The summed E-state index contributed by atoms with van der Waals surface area (Å²) in [5.41, 5.74) is 2.99. The fourth-order valence-electron chi connectivity index (χ4n) is 3.12. The second-order valence-corrected chi connectivity index (χ2v) is 7.95. The van der Waals surface area contributed by atoms with Gasteiger partial charge in [0, 0.05) is 19.5 Å². The van der Waals surface area contributed by atoms with Gasteiger partial charge in [-0.05, 0) is 53.8 Å². The van der Waals surface area contributed by atoms with Crippen molar-refractivity contribution in [1.82, 2.24) is 4.90 Å². The van der Waals surface area contributed by atoms with Crippen LogP contribution in [-0.4, -0.2) is 32.9 Å². The first-order chi connectivity index (χ1) is 12.4. The molecule has 0 radical (unpaired) electrons. The van der Waals surface area contributed by atoms with Gasteiger partial charge in [0.2, 0.25) is 15.9 Å². The molecule has 0 spiro atoms. The molecule has 0 aliphatic carbocycles. The maximum atomic E-state index is 12.5. The molecule has 1 heterocycles. The van der Waals surface area contributed by atoms with Gasteiger partial charge >= 0.3 is 0 Å². The number of benzene rings is 2. The zero-order valence-corrected chi connectivity index (χ0v) is 15.5. The lowest BCUT2D eigenvalue weighted by atomic mass is 9.99. The Morgan fingerprint density at radius 1 is 1.15 bits per heavy atom. The smallest absolute Gasteiger partial charge is 0.238 e. The van der Waals surface area contributed by atoms with Crippen molar-refractivity contribution in [2.24, 2.45) is 5.14 Å². The Bertz CT molecular complexity index is 908. The largest absolute Gasteiger partial charge is 0.497 e. The molecule has 2 aromatic carbocycles. The van der Waals surface area contributed by atoms with E-state index in [-0.39, 0.29) is 10.8 Å². The number of nitrogens with two attached hydrogens (primary N) is 1. The molecule has 0 saturated carbocycles. The van der Waals surface area contributed by atoms with Crippen molar-refractivity contribution < 1.29 is 17.9 Å². The summed E-state index contributed by atoms with van der Waals surface area (Å²) in [7, 11) is -2.12. The molecule has 1 aliphatic rings. The van der Waals surface area contributed by atoms with Crippen LogP contribution in [0.2, 0.25) is 0 Å². The molecular formula is C19H22N2O4S. The Hall–Kier alpha value is -2.38. The van der Waals surface area contributed by atoms with E-state index < -0.39 is 10.0 Å². The van der Waals surface area contributed by atoms with Gasteiger partial charge in [0.1, 0.15) is 5.75 Å². The summed E-state index contributed by atoms with van der Waals surface area (Å²) in [5, 5.41) is 5.20. The number of methoxy groups -OCH3 is 1. The van der Waals surface area contributed by atoms with E-state index in [1.807, 2.05) is 24.3 Å². The van der Waals surface area contributed by atoms with E-state index in [1.165, 1.54) is 6.07 Å². The van der Waals surface area contributed by atoms with Crippen LogP contribution in [0.15, 0.2) is 47.4 Å². The average Bonchev–Trinajstić information content (AvgIpc) is 2.64. The van der Waals surface area contributed by atoms with Gasteiger partial charge in [0.15, 0.2) is 0 Å². The molecule has 1 amide bonds. The zero-order chi connectivity index (χ0) is 18.7. The SMILES string of the molecule is COc1ccc(CCC(=O)N2CCc3ccc(S(N)(=O)=O)cc3C2)cc1. The molecule has 0 bridgehead atoms. The first-order valence-electron chi connectivity index (χ1n) is 8.42. The fourth-order valence-corrected chi connectivity index (χ4v) is 3.69. The Balaban J connectivity index is 1.64. The predicted octanol–water partition coefficient (Wildman–Crippen LogP) is 1.86. The molecule has 6 nitrogen and oxygen atoms in total. The standard InChI is InChI=1S/C19H22N2O4S/c1-25-17-6-2-14(3-7-17)4-9-19(22)21-11-10-15-5-8-18(26(20,23)24)12-16(15)13-21/h2-3,5-8,12H,4,9-11,13H2,1H3,(H2,20,23,24). The first kappa shape index (κ1) is 18.4. The lowest BCUT2D eigenvalue weighted by Crippen LogP contribution is -2.36. The topological polar surface area (TPSA) is 89.7 Å². The third kappa shape index (κ3) is 4.23. The summed E-state index contributed by atoms with van der Waals surface area (Å²) < 4.78 is 28.2. The van der Waals surface area contributed by atoms with Crippen LogP contribution in [0.25, 0.3) is 0 Å². The molecular weight excluding hydrogens is 352 g/mol. The molecule has 0 aromatic heterocycles. The molecule has 1 aliphatic heterocycles. The summed E-state index contributed by atoms with van der Waals surface area (Å²) in [6.07, 6.45) is 1.79. The van der Waals surface area contributed by atoms with Gasteiger partial charge < -0.3 is 9.64 Å². The van der Waals surface area contributed by atoms with Gasteiger partial charge in [-0.3, -0.25) is 4.79 Å². The van der Waals surface area contributed by atoms with Crippen LogP contribution in [0.3, 0.4) is 0 Å². The number of aryl methyl sites for hydroxylation is 1. The average molecular weight is 374 g/mol. The van der Waals surface area contributed by atoms with Crippen LogP contribution >= 0.6 is 0 Å². The predicted molar refractivity (Wildman–Crippen MR) is 98.3 cm³/mol. The number of rotatable bonds is 5. The minimum absolute atomic E-state index is 0.0625. The summed E-state index contributed by atoms with van der Waals surface area (Å²) in [4.78, 5) is 14.4. The van der Waals surface area contributed by atoms with Crippen LogP contribution in [0.5, 0.6) is 5.75 Å². The number of carbonyl (C=O) groups excluding carboxylic acids is 1. The summed E-state index contributed by atoms with van der Waals surface area (Å²) in [5.74, 6) is 0.853. The quantitative estimate of drug-likeness (QED) is 0.865. The van der Waals surface area contributed by atoms with E-state index in [1.54, 1.807) is 24.1 Å². The summed E-state index contributed by atoms with van der Waals surface area (Å²) >= 11 is 0. The molecule has 138 valence electrons. The second-order valence-electron chi connectivity index (χ2n) is 6.39. The number of carbonyl (C=O) groups is 1. The molecule has 2 aromatic rings. The van der Waals surface area contributed by atoms with E-state index in [4.69, 9.17) is 9.88 Å². The van der Waals surface area contributed by atoms with Crippen LogP contribution in [0, 0.1) is 0 Å². The van der Waals surface area contributed by atoms with Crippen molar-refractivity contribution in [3.63, 3.8) is 0 Å². The molecule has 2 N–H and O–H groups in total. The highest BCUT2D eigenvalue weighted by molar-refractivity contribution is 7.89. The van der Waals surface area contributed by atoms with E-state index in [0.29, 0.717) is 32.4 Å². The number of hydrogen-bond acceptors (Lipinski definition) is 4. The number of amides is 1.